The summed E-state index contributed by atoms with van der Waals surface area (Å²) in [6.45, 7) is 2.14. The Bertz CT molecular complexity index is 832. The first-order chi connectivity index (χ1) is 12.5. The quantitative estimate of drug-likeness (QED) is 0.760. The number of imide groups is 1. The number of amides is 2. The highest BCUT2D eigenvalue weighted by Gasteiger charge is 2.24. The van der Waals surface area contributed by atoms with E-state index in [-0.39, 0.29) is 17.8 Å². The lowest BCUT2D eigenvalue weighted by Gasteiger charge is -2.12. The maximum atomic E-state index is 11.5. The first kappa shape index (κ1) is 18.2. The zero-order valence-corrected chi connectivity index (χ0v) is 15.0. The topological polar surface area (TPSA) is 88.5 Å². The Morgan fingerprint density at radius 2 is 2.00 bits per heavy atom. The molecule has 2 amide bonds. The predicted octanol–water partition coefficient (Wildman–Crippen LogP) is 3.08. The molecular weight excluding hydrogens is 352 g/mol. The number of benzene rings is 1. The largest absolute Gasteiger partial charge is 0.490 e. The molecule has 2 aromatic rings. The SMILES string of the molecule is CCc1ccc([C@H](O)COc2ccc(/C=C3\SC(=O)NC3=O)cc2)nc1. The Balaban J connectivity index is 1.58. The van der Waals surface area contributed by atoms with E-state index in [1.807, 2.05) is 13.0 Å². The standard InChI is InChI=1S/C19H18N2O4S/c1-2-12-5-8-15(20-10-12)16(22)11-25-14-6-3-13(4-7-14)9-17-18(23)21-19(24)26-17/h3-10,16,22H,2,11H2,1H3,(H,21,23,24)/b17-9-/t16-/m1/s1. The van der Waals surface area contributed by atoms with Gasteiger partial charge in [-0.2, -0.15) is 0 Å². The molecule has 0 radical (unpaired) electrons. The monoisotopic (exact) mass is 370 g/mol. The molecule has 1 aromatic heterocycles. The first-order valence-electron chi connectivity index (χ1n) is 8.15. The van der Waals surface area contributed by atoms with Crippen LogP contribution in [0.3, 0.4) is 0 Å². The molecule has 134 valence electrons. The molecule has 0 unspecified atom stereocenters. The molecule has 2 heterocycles. The summed E-state index contributed by atoms with van der Waals surface area (Å²) in [5, 5.41) is 12.0. The Kier molecular flexibility index (Phi) is 5.70. The Morgan fingerprint density at radius 3 is 2.58 bits per heavy atom. The number of thioether (sulfide) groups is 1. The number of pyridine rings is 1. The number of carbonyl (C=O) groups excluding carboxylic acids is 2. The number of carbonyl (C=O) groups is 2. The Morgan fingerprint density at radius 1 is 1.23 bits per heavy atom. The fraction of sp³-hybridized carbons (Fsp3) is 0.211. The molecule has 3 rings (SSSR count). The molecule has 0 saturated carbocycles. The van der Waals surface area contributed by atoms with Gasteiger partial charge in [0.15, 0.2) is 0 Å². The van der Waals surface area contributed by atoms with Crippen molar-refractivity contribution in [1.82, 2.24) is 10.3 Å². The summed E-state index contributed by atoms with van der Waals surface area (Å²) in [5.74, 6) is 0.209. The minimum Gasteiger partial charge on any atom is -0.490 e. The van der Waals surface area contributed by atoms with E-state index in [4.69, 9.17) is 4.74 Å². The van der Waals surface area contributed by atoms with Crippen molar-refractivity contribution in [2.45, 2.75) is 19.4 Å². The minimum atomic E-state index is -0.813. The number of nitrogens with one attached hydrogen (secondary N) is 1. The second kappa shape index (κ2) is 8.16. The van der Waals surface area contributed by atoms with Crippen LogP contribution in [-0.4, -0.2) is 27.8 Å². The smallest absolute Gasteiger partial charge is 0.290 e. The lowest BCUT2D eigenvalue weighted by Crippen LogP contribution is -2.17. The number of aliphatic hydroxyl groups excluding tert-OH is 1. The van der Waals surface area contributed by atoms with Crippen LogP contribution in [0, 0.1) is 0 Å². The molecule has 26 heavy (non-hydrogen) atoms. The van der Waals surface area contributed by atoms with E-state index in [1.54, 1.807) is 42.6 Å². The van der Waals surface area contributed by atoms with Gasteiger partial charge in [0.25, 0.3) is 11.1 Å². The second-order valence-electron chi connectivity index (χ2n) is 5.69. The average molecular weight is 370 g/mol. The Labute approximate surface area is 155 Å². The molecule has 0 spiro atoms. The van der Waals surface area contributed by atoms with E-state index < -0.39 is 6.10 Å². The summed E-state index contributed by atoms with van der Waals surface area (Å²) in [7, 11) is 0. The summed E-state index contributed by atoms with van der Waals surface area (Å²) in [4.78, 5) is 27.3. The molecule has 0 bridgehead atoms. The molecule has 0 aliphatic carbocycles. The molecule has 1 atom stereocenters. The maximum Gasteiger partial charge on any atom is 0.290 e. The third kappa shape index (κ3) is 4.50. The van der Waals surface area contributed by atoms with Crippen molar-refractivity contribution in [3.63, 3.8) is 0 Å². The summed E-state index contributed by atoms with van der Waals surface area (Å²) in [6, 6.07) is 10.8. The van der Waals surface area contributed by atoms with Gasteiger partial charge >= 0.3 is 0 Å². The zero-order chi connectivity index (χ0) is 18.5. The minimum absolute atomic E-state index is 0.0890. The van der Waals surface area contributed by atoms with Gasteiger partial charge in [-0.25, -0.2) is 0 Å². The third-order valence-corrected chi connectivity index (χ3v) is 4.64. The van der Waals surface area contributed by atoms with E-state index in [1.165, 1.54) is 0 Å². The first-order valence-corrected chi connectivity index (χ1v) is 8.97. The van der Waals surface area contributed by atoms with Crippen LogP contribution in [0.4, 0.5) is 4.79 Å². The number of aromatic nitrogens is 1. The second-order valence-corrected chi connectivity index (χ2v) is 6.71. The number of rotatable bonds is 6. The van der Waals surface area contributed by atoms with Crippen LogP contribution in [-0.2, 0) is 11.2 Å². The van der Waals surface area contributed by atoms with Crippen molar-refractivity contribution in [3.8, 4) is 5.75 Å². The van der Waals surface area contributed by atoms with Gasteiger partial charge in [-0.1, -0.05) is 25.1 Å². The van der Waals surface area contributed by atoms with Crippen LogP contribution in [0.1, 0.15) is 29.8 Å². The van der Waals surface area contributed by atoms with Gasteiger partial charge in [0.05, 0.1) is 10.6 Å². The molecule has 1 saturated heterocycles. The third-order valence-electron chi connectivity index (χ3n) is 3.83. The van der Waals surface area contributed by atoms with Gasteiger partial charge in [-0.3, -0.25) is 19.9 Å². The number of aliphatic hydroxyl groups is 1. The van der Waals surface area contributed by atoms with Crippen molar-refractivity contribution < 1.29 is 19.4 Å². The van der Waals surface area contributed by atoms with Crippen molar-refractivity contribution >= 4 is 29.0 Å². The number of hydrogen-bond acceptors (Lipinski definition) is 6. The fourth-order valence-corrected chi connectivity index (χ4v) is 3.02. The molecule has 1 fully saturated rings. The summed E-state index contributed by atoms with van der Waals surface area (Å²) >= 11 is 0.877. The van der Waals surface area contributed by atoms with E-state index in [0.29, 0.717) is 16.3 Å². The molecule has 1 aliphatic heterocycles. The van der Waals surface area contributed by atoms with Crippen LogP contribution in [0.25, 0.3) is 6.08 Å². The highest BCUT2D eigenvalue weighted by molar-refractivity contribution is 8.18. The van der Waals surface area contributed by atoms with Gasteiger partial charge in [0.1, 0.15) is 18.5 Å². The molecule has 1 aromatic carbocycles. The number of ether oxygens (including phenoxy) is 1. The van der Waals surface area contributed by atoms with Crippen molar-refractivity contribution in [3.05, 3.63) is 64.3 Å². The normalized spacial score (nSPS) is 16.6. The van der Waals surface area contributed by atoms with E-state index in [2.05, 4.69) is 10.3 Å². The lowest BCUT2D eigenvalue weighted by atomic mass is 10.1. The van der Waals surface area contributed by atoms with Crippen LogP contribution in [0.2, 0.25) is 0 Å². The molecule has 6 nitrogen and oxygen atoms in total. The van der Waals surface area contributed by atoms with Crippen molar-refractivity contribution in [2.24, 2.45) is 0 Å². The van der Waals surface area contributed by atoms with E-state index in [0.717, 1.165) is 29.3 Å². The average Bonchev–Trinajstić information content (AvgIpc) is 2.98. The van der Waals surface area contributed by atoms with Gasteiger partial charge in [-0.05, 0) is 53.6 Å². The summed E-state index contributed by atoms with van der Waals surface area (Å²) < 4.78 is 5.59. The number of hydrogen-bond donors (Lipinski definition) is 2. The van der Waals surface area contributed by atoms with Gasteiger partial charge < -0.3 is 9.84 Å². The molecule has 1 aliphatic rings. The summed E-state index contributed by atoms with van der Waals surface area (Å²) in [5.41, 5.74) is 2.46. The molecular formula is C19H18N2O4S. The van der Waals surface area contributed by atoms with Crippen LogP contribution >= 0.6 is 11.8 Å². The fourth-order valence-electron chi connectivity index (χ4n) is 2.34. The lowest BCUT2D eigenvalue weighted by molar-refractivity contribution is -0.115. The van der Waals surface area contributed by atoms with Gasteiger partial charge in [0.2, 0.25) is 0 Å². The van der Waals surface area contributed by atoms with Crippen LogP contribution in [0.5, 0.6) is 5.75 Å². The van der Waals surface area contributed by atoms with E-state index >= 15 is 0 Å². The van der Waals surface area contributed by atoms with Gasteiger partial charge in [0, 0.05) is 6.20 Å². The summed E-state index contributed by atoms with van der Waals surface area (Å²) in [6.07, 6.45) is 3.48. The highest BCUT2D eigenvalue weighted by atomic mass is 32.2. The van der Waals surface area contributed by atoms with Crippen molar-refractivity contribution in [1.29, 1.82) is 0 Å². The highest BCUT2D eigenvalue weighted by Crippen LogP contribution is 2.26. The van der Waals surface area contributed by atoms with E-state index in [9.17, 15) is 14.7 Å². The maximum absolute atomic E-state index is 11.5. The predicted molar refractivity (Wildman–Crippen MR) is 99.6 cm³/mol. The van der Waals surface area contributed by atoms with Gasteiger partial charge in [-0.15, -0.1) is 0 Å². The van der Waals surface area contributed by atoms with Crippen molar-refractivity contribution in [2.75, 3.05) is 6.61 Å². The molecule has 2 N–H and O–H groups in total. The molecule has 7 heteroatoms. The number of nitrogens with zero attached hydrogens (tertiary/aromatic N) is 1. The number of aryl methyl sites for hydroxylation is 1. The van der Waals surface area contributed by atoms with Crippen LogP contribution in [0.15, 0.2) is 47.5 Å². The Hall–Kier alpha value is -2.64. The van der Waals surface area contributed by atoms with Crippen LogP contribution < -0.4 is 10.1 Å². The zero-order valence-electron chi connectivity index (χ0n) is 14.1.